The Balaban J connectivity index is 2.00. The van der Waals surface area contributed by atoms with Gasteiger partial charge in [-0.05, 0) is 38.0 Å². The molecule has 6 heteroatoms. The minimum Gasteiger partial charge on any atom is -0.379 e. The molecule has 0 radical (unpaired) electrons. The quantitative estimate of drug-likeness (QED) is 0.480. The Kier molecular flexibility index (Phi) is 12.0. The summed E-state index contributed by atoms with van der Waals surface area (Å²) in [4.78, 5) is 35.3. The first-order valence-electron chi connectivity index (χ1n) is 10.6. The molecule has 0 heterocycles. The van der Waals surface area contributed by atoms with Crippen LogP contribution in [-0.4, -0.2) is 43.4 Å². The summed E-state index contributed by atoms with van der Waals surface area (Å²) in [6.07, 6.45) is 7.03. The predicted octanol–water partition coefficient (Wildman–Crippen LogP) is 2.99. The molecule has 156 valence electrons. The van der Waals surface area contributed by atoms with Crippen LogP contribution in [0, 0.1) is 11.8 Å². The number of ketones is 1. The van der Waals surface area contributed by atoms with Crippen molar-refractivity contribution in [2.45, 2.75) is 84.6 Å². The van der Waals surface area contributed by atoms with E-state index in [2.05, 4.69) is 24.5 Å². The van der Waals surface area contributed by atoms with Crippen molar-refractivity contribution in [2.75, 3.05) is 19.8 Å². The smallest absolute Gasteiger partial charge is 0.222 e. The van der Waals surface area contributed by atoms with Crippen LogP contribution in [-0.2, 0) is 19.1 Å². The SMILES string of the molecule is CCC(=O)C1CCC(NC(=O)CCOCCNC(=O)CCC(C)CC)CC1. The Morgan fingerprint density at radius 3 is 2.33 bits per heavy atom. The lowest BCUT2D eigenvalue weighted by molar-refractivity contribution is -0.125. The van der Waals surface area contributed by atoms with Crippen molar-refractivity contribution >= 4 is 17.6 Å². The van der Waals surface area contributed by atoms with Crippen LogP contribution in [0.15, 0.2) is 0 Å². The summed E-state index contributed by atoms with van der Waals surface area (Å²) >= 11 is 0. The van der Waals surface area contributed by atoms with Crippen molar-refractivity contribution in [3.63, 3.8) is 0 Å². The molecule has 1 aliphatic rings. The number of hydrogen-bond donors (Lipinski definition) is 2. The Morgan fingerprint density at radius 1 is 1.00 bits per heavy atom. The van der Waals surface area contributed by atoms with Gasteiger partial charge in [-0.3, -0.25) is 14.4 Å². The average Bonchev–Trinajstić information content (AvgIpc) is 2.68. The summed E-state index contributed by atoms with van der Waals surface area (Å²) in [5.41, 5.74) is 0. The van der Waals surface area contributed by atoms with Crippen LogP contribution >= 0.6 is 0 Å². The summed E-state index contributed by atoms with van der Waals surface area (Å²) in [5, 5.41) is 5.88. The second kappa shape index (κ2) is 13.7. The van der Waals surface area contributed by atoms with Gasteiger partial charge in [0, 0.05) is 37.8 Å². The highest BCUT2D eigenvalue weighted by Crippen LogP contribution is 2.25. The van der Waals surface area contributed by atoms with Crippen LogP contribution < -0.4 is 10.6 Å². The van der Waals surface area contributed by atoms with Gasteiger partial charge in [-0.15, -0.1) is 0 Å². The highest BCUT2D eigenvalue weighted by atomic mass is 16.5. The minimum absolute atomic E-state index is 0.00198. The maximum atomic E-state index is 12.0. The third-order valence-electron chi connectivity index (χ3n) is 5.50. The van der Waals surface area contributed by atoms with Gasteiger partial charge in [-0.1, -0.05) is 27.2 Å². The Hall–Kier alpha value is -1.43. The molecule has 1 atom stereocenters. The molecule has 1 unspecified atom stereocenters. The molecule has 6 nitrogen and oxygen atoms in total. The summed E-state index contributed by atoms with van der Waals surface area (Å²) in [6.45, 7) is 7.46. The first-order chi connectivity index (χ1) is 13.0. The van der Waals surface area contributed by atoms with Crippen molar-refractivity contribution < 1.29 is 19.1 Å². The van der Waals surface area contributed by atoms with Crippen LogP contribution in [0.3, 0.4) is 0 Å². The van der Waals surface area contributed by atoms with Gasteiger partial charge in [0.05, 0.1) is 13.2 Å². The largest absolute Gasteiger partial charge is 0.379 e. The number of nitrogens with one attached hydrogen (secondary N) is 2. The van der Waals surface area contributed by atoms with Gasteiger partial charge < -0.3 is 15.4 Å². The number of hydrogen-bond acceptors (Lipinski definition) is 4. The fourth-order valence-electron chi connectivity index (χ4n) is 3.35. The van der Waals surface area contributed by atoms with Crippen LogP contribution in [0.1, 0.15) is 78.6 Å². The maximum absolute atomic E-state index is 12.0. The summed E-state index contributed by atoms with van der Waals surface area (Å²) in [7, 11) is 0. The number of carbonyl (C=O) groups is 3. The standard InChI is InChI=1S/C21H38N2O4/c1-4-16(3)6-11-20(25)22-13-15-27-14-12-21(26)23-18-9-7-17(8-10-18)19(24)5-2/h16-18H,4-15H2,1-3H3,(H,22,25)(H,23,26). The zero-order valence-corrected chi connectivity index (χ0v) is 17.4. The van der Waals surface area contributed by atoms with E-state index in [4.69, 9.17) is 4.74 Å². The highest BCUT2D eigenvalue weighted by molar-refractivity contribution is 5.81. The monoisotopic (exact) mass is 382 g/mol. The van der Waals surface area contributed by atoms with Gasteiger partial charge in [0.1, 0.15) is 5.78 Å². The predicted molar refractivity (Wildman–Crippen MR) is 106 cm³/mol. The van der Waals surface area contributed by atoms with Crippen LogP contribution in [0.4, 0.5) is 0 Å². The zero-order chi connectivity index (χ0) is 20.1. The fourth-order valence-corrected chi connectivity index (χ4v) is 3.35. The molecule has 0 aromatic carbocycles. The topological polar surface area (TPSA) is 84.5 Å². The lowest BCUT2D eigenvalue weighted by Crippen LogP contribution is -2.39. The van der Waals surface area contributed by atoms with Crippen molar-refractivity contribution in [2.24, 2.45) is 11.8 Å². The van der Waals surface area contributed by atoms with E-state index in [1.165, 1.54) is 0 Å². The van der Waals surface area contributed by atoms with Crippen LogP contribution in [0.25, 0.3) is 0 Å². The van der Waals surface area contributed by atoms with Crippen molar-refractivity contribution in [3.05, 3.63) is 0 Å². The van der Waals surface area contributed by atoms with Gasteiger partial charge in [0.15, 0.2) is 0 Å². The molecule has 2 amide bonds. The van der Waals surface area contributed by atoms with Gasteiger partial charge in [-0.25, -0.2) is 0 Å². The van der Waals surface area contributed by atoms with Crippen molar-refractivity contribution in [1.29, 1.82) is 0 Å². The number of amides is 2. The van der Waals surface area contributed by atoms with Gasteiger partial charge in [-0.2, -0.15) is 0 Å². The van der Waals surface area contributed by atoms with E-state index in [0.717, 1.165) is 38.5 Å². The molecule has 0 aromatic rings. The van der Waals surface area contributed by atoms with Crippen molar-refractivity contribution in [3.8, 4) is 0 Å². The average molecular weight is 383 g/mol. The van der Waals surface area contributed by atoms with Gasteiger partial charge >= 0.3 is 0 Å². The van der Waals surface area contributed by atoms with Crippen LogP contribution in [0.5, 0.6) is 0 Å². The normalized spacial score (nSPS) is 20.7. The Morgan fingerprint density at radius 2 is 1.70 bits per heavy atom. The van der Waals surface area contributed by atoms with E-state index in [1.54, 1.807) is 0 Å². The van der Waals surface area contributed by atoms with Gasteiger partial charge in [0.25, 0.3) is 0 Å². The molecule has 1 rings (SSSR count). The highest BCUT2D eigenvalue weighted by Gasteiger charge is 2.25. The first kappa shape index (κ1) is 23.6. The maximum Gasteiger partial charge on any atom is 0.222 e. The molecule has 0 aliphatic heterocycles. The Bertz CT molecular complexity index is 459. The lowest BCUT2D eigenvalue weighted by atomic mass is 9.83. The molecule has 0 aromatic heterocycles. The molecule has 2 N–H and O–H groups in total. The molecule has 0 bridgehead atoms. The van der Waals surface area contributed by atoms with E-state index < -0.39 is 0 Å². The first-order valence-corrected chi connectivity index (χ1v) is 10.6. The molecule has 0 saturated heterocycles. The van der Waals surface area contributed by atoms with E-state index >= 15 is 0 Å². The summed E-state index contributed by atoms with van der Waals surface area (Å²) in [6, 6.07) is 0.184. The van der Waals surface area contributed by atoms with E-state index in [0.29, 0.717) is 50.7 Å². The molecule has 1 aliphatic carbocycles. The molecule has 1 saturated carbocycles. The minimum atomic E-state index is -0.00198. The van der Waals surface area contributed by atoms with E-state index in [1.807, 2.05) is 6.92 Å². The second-order valence-electron chi connectivity index (χ2n) is 7.70. The number of ether oxygens (including phenoxy) is 1. The molecule has 27 heavy (non-hydrogen) atoms. The Labute approximate surface area is 164 Å². The van der Waals surface area contributed by atoms with Crippen molar-refractivity contribution in [1.82, 2.24) is 10.6 Å². The third-order valence-corrected chi connectivity index (χ3v) is 5.50. The second-order valence-corrected chi connectivity index (χ2v) is 7.70. The number of carbonyl (C=O) groups excluding carboxylic acids is 3. The third kappa shape index (κ3) is 10.5. The zero-order valence-electron chi connectivity index (χ0n) is 17.4. The molecular formula is C21H38N2O4. The lowest BCUT2D eigenvalue weighted by Gasteiger charge is -2.28. The fraction of sp³-hybridized carbons (Fsp3) is 0.857. The molecule has 0 spiro atoms. The number of rotatable bonds is 13. The molecule has 1 fully saturated rings. The van der Waals surface area contributed by atoms with E-state index in [-0.39, 0.29) is 23.8 Å². The summed E-state index contributed by atoms with van der Waals surface area (Å²) < 4.78 is 5.43. The van der Waals surface area contributed by atoms with Crippen LogP contribution in [0.2, 0.25) is 0 Å². The van der Waals surface area contributed by atoms with Gasteiger partial charge in [0.2, 0.25) is 11.8 Å². The summed E-state index contributed by atoms with van der Waals surface area (Å²) in [5.74, 6) is 1.17. The van der Waals surface area contributed by atoms with E-state index in [9.17, 15) is 14.4 Å². The molecular weight excluding hydrogens is 344 g/mol. The number of Topliss-reactive ketones (excluding diaryl/α,β-unsaturated/α-hetero) is 1.